The lowest BCUT2D eigenvalue weighted by atomic mass is 10.1. The van der Waals surface area contributed by atoms with Crippen molar-refractivity contribution in [2.45, 2.75) is 31.2 Å². The number of nitrogens with one attached hydrogen (secondary N) is 2. The molecule has 0 bridgehead atoms. The predicted molar refractivity (Wildman–Crippen MR) is 84.8 cm³/mol. The first-order valence-corrected chi connectivity index (χ1v) is 8.76. The summed E-state index contributed by atoms with van der Waals surface area (Å²) in [6.07, 6.45) is 1.04. The zero-order valence-electron chi connectivity index (χ0n) is 12.9. The summed E-state index contributed by atoms with van der Waals surface area (Å²) < 4.78 is 23.0. The van der Waals surface area contributed by atoms with Gasteiger partial charge in [0, 0.05) is 11.8 Å². The molecule has 0 atom stereocenters. The third-order valence-corrected chi connectivity index (χ3v) is 3.97. The Hall–Kier alpha value is -1.60. The number of hydrogen-bond donors (Lipinski definition) is 2. The van der Waals surface area contributed by atoms with Crippen molar-refractivity contribution in [1.82, 2.24) is 10.6 Å². The topological polar surface area (TPSA) is 92.3 Å². The molecule has 0 aliphatic carbocycles. The van der Waals surface area contributed by atoms with Crippen LogP contribution in [0.25, 0.3) is 0 Å². The molecule has 2 amide bonds. The van der Waals surface area contributed by atoms with Crippen LogP contribution in [0.15, 0.2) is 23.1 Å². The summed E-state index contributed by atoms with van der Waals surface area (Å²) in [5.74, 6) is -0.962. The van der Waals surface area contributed by atoms with Gasteiger partial charge >= 0.3 is 0 Å². The van der Waals surface area contributed by atoms with Crippen LogP contribution in [0, 0.1) is 0 Å². The Balaban J connectivity index is 2.84. The summed E-state index contributed by atoms with van der Waals surface area (Å²) in [4.78, 5) is 23.7. The maximum atomic E-state index is 12.0. The van der Waals surface area contributed by atoms with Crippen LogP contribution >= 0.6 is 11.6 Å². The minimum Gasteiger partial charge on any atom is -0.350 e. The fraction of sp³-hybridized carbons (Fsp3) is 0.429. The van der Waals surface area contributed by atoms with Crippen LogP contribution in [0.4, 0.5) is 0 Å². The average molecular weight is 347 g/mol. The van der Waals surface area contributed by atoms with E-state index < -0.39 is 21.3 Å². The smallest absolute Gasteiger partial charge is 0.253 e. The van der Waals surface area contributed by atoms with E-state index in [0.717, 1.165) is 6.26 Å². The van der Waals surface area contributed by atoms with Crippen LogP contribution in [0.2, 0.25) is 5.02 Å². The van der Waals surface area contributed by atoms with Gasteiger partial charge in [0.15, 0.2) is 9.84 Å². The molecule has 1 rings (SSSR count). The van der Waals surface area contributed by atoms with Crippen LogP contribution in [0.3, 0.4) is 0 Å². The molecule has 0 spiro atoms. The van der Waals surface area contributed by atoms with Crippen LogP contribution in [-0.2, 0) is 14.6 Å². The first-order chi connectivity index (χ1) is 9.90. The van der Waals surface area contributed by atoms with Crippen LogP contribution in [0.5, 0.6) is 0 Å². The third-order valence-electron chi connectivity index (χ3n) is 2.53. The molecule has 122 valence electrons. The van der Waals surface area contributed by atoms with E-state index in [2.05, 4.69) is 10.6 Å². The Kier molecular flexibility index (Phi) is 5.59. The lowest BCUT2D eigenvalue weighted by Gasteiger charge is -2.20. The first kappa shape index (κ1) is 18.4. The van der Waals surface area contributed by atoms with Gasteiger partial charge in [0.1, 0.15) is 0 Å². The Morgan fingerprint density at radius 1 is 1.23 bits per heavy atom. The predicted octanol–water partition coefficient (Wildman–Crippen LogP) is 1.39. The number of halogens is 1. The van der Waals surface area contributed by atoms with Crippen molar-refractivity contribution in [3.05, 3.63) is 28.8 Å². The van der Waals surface area contributed by atoms with Gasteiger partial charge in [-0.3, -0.25) is 9.59 Å². The normalized spacial score (nSPS) is 11.9. The van der Waals surface area contributed by atoms with Gasteiger partial charge < -0.3 is 10.6 Å². The van der Waals surface area contributed by atoms with Crippen LogP contribution in [-0.4, -0.2) is 38.6 Å². The Labute approximate surface area is 135 Å². The highest BCUT2D eigenvalue weighted by Crippen LogP contribution is 2.20. The van der Waals surface area contributed by atoms with Gasteiger partial charge in [0.05, 0.1) is 22.0 Å². The Bertz CT molecular complexity index is 693. The second kappa shape index (κ2) is 6.66. The summed E-state index contributed by atoms with van der Waals surface area (Å²) in [6.45, 7) is 5.23. The van der Waals surface area contributed by atoms with Crippen molar-refractivity contribution < 1.29 is 18.0 Å². The third kappa shape index (κ3) is 5.65. The highest BCUT2D eigenvalue weighted by molar-refractivity contribution is 7.90. The molecule has 0 heterocycles. The fourth-order valence-electron chi connectivity index (χ4n) is 1.63. The molecule has 8 heteroatoms. The van der Waals surface area contributed by atoms with Gasteiger partial charge in [0.2, 0.25) is 5.91 Å². The molecule has 6 nitrogen and oxygen atoms in total. The number of hydrogen-bond acceptors (Lipinski definition) is 4. The number of carbonyl (C=O) groups excluding carboxylic acids is 2. The molecule has 0 saturated heterocycles. The molecule has 1 aromatic carbocycles. The van der Waals surface area contributed by atoms with E-state index >= 15 is 0 Å². The van der Waals surface area contributed by atoms with E-state index in [-0.39, 0.29) is 27.9 Å². The molecule has 2 N–H and O–H groups in total. The van der Waals surface area contributed by atoms with Gasteiger partial charge in [0.25, 0.3) is 5.91 Å². The van der Waals surface area contributed by atoms with Gasteiger partial charge in [-0.25, -0.2) is 8.42 Å². The summed E-state index contributed by atoms with van der Waals surface area (Å²) in [5, 5.41) is 5.22. The van der Waals surface area contributed by atoms with Crippen LogP contribution < -0.4 is 10.6 Å². The molecule has 0 unspecified atom stereocenters. The monoisotopic (exact) mass is 346 g/mol. The maximum absolute atomic E-state index is 12.0. The number of amides is 2. The van der Waals surface area contributed by atoms with E-state index in [0.29, 0.717) is 0 Å². The zero-order chi connectivity index (χ0) is 17.1. The molecular formula is C14H19ClN2O4S. The SMILES string of the molecule is CC(C)(C)NC(=O)CNC(=O)c1cc(S(C)(=O)=O)ccc1Cl. The second-order valence-electron chi connectivity index (χ2n) is 5.89. The molecule has 0 fully saturated rings. The van der Waals surface area contributed by atoms with Gasteiger partial charge in [-0.1, -0.05) is 11.6 Å². The number of rotatable bonds is 4. The van der Waals surface area contributed by atoms with Crippen molar-refractivity contribution in [1.29, 1.82) is 0 Å². The Morgan fingerprint density at radius 3 is 2.32 bits per heavy atom. The lowest BCUT2D eigenvalue weighted by molar-refractivity contribution is -0.121. The molecule has 0 radical (unpaired) electrons. The minimum atomic E-state index is -3.45. The van der Waals surface area contributed by atoms with Crippen molar-refractivity contribution in [2.24, 2.45) is 0 Å². The standard InChI is InChI=1S/C14H19ClN2O4S/c1-14(2,3)17-12(18)8-16-13(19)10-7-9(22(4,20)21)5-6-11(10)15/h5-7H,8H2,1-4H3,(H,16,19)(H,17,18). The largest absolute Gasteiger partial charge is 0.350 e. The van der Waals surface area contributed by atoms with Gasteiger partial charge in [-0.15, -0.1) is 0 Å². The van der Waals surface area contributed by atoms with E-state index in [4.69, 9.17) is 11.6 Å². The highest BCUT2D eigenvalue weighted by atomic mass is 35.5. The van der Waals surface area contributed by atoms with Gasteiger partial charge in [-0.2, -0.15) is 0 Å². The first-order valence-electron chi connectivity index (χ1n) is 6.49. The quantitative estimate of drug-likeness (QED) is 0.861. The van der Waals surface area contributed by atoms with Crippen LogP contribution in [0.1, 0.15) is 31.1 Å². The molecular weight excluding hydrogens is 328 g/mol. The van der Waals surface area contributed by atoms with E-state index in [9.17, 15) is 18.0 Å². The molecule has 0 aliphatic rings. The number of benzene rings is 1. The summed E-state index contributed by atoms with van der Waals surface area (Å²) in [5.41, 5.74) is -0.400. The molecule has 0 saturated carbocycles. The fourth-order valence-corrected chi connectivity index (χ4v) is 2.48. The van der Waals surface area contributed by atoms with E-state index in [1.54, 1.807) is 0 Å². The van der Waals surface area contributed by atoms with Crippen molar-refractivity contribution in [3.63, 3.8) is 0 Å². The number of carbonyl (C=O) groups is 2. The summed E-state index contributed by atoms with van der Waals surface area (Å²) in [7, 11) is -3.45. The van der Waals surface area contributed by atoms with Crippen molar-refractivity contribution in [3.8, 4) is 0 Å². The van der Waals surface area contributed by atoms with E-state index in [1.807, 2.05) is 20.8 Å². The average Bonchev–Trinajstić information content (AvgIpc) is 2.33. The highest BCUT2D eigenvalue weighted by Gasteiger charge is 2.18. The Morgan fingerprint density at radius 2 is 1.82 bits per heavy atom. The number of sulfone groups is 1. The second-order valence-corrected chi connectivity index (χ2v) is 8.32. The zero-order valence-corrected chi connectivity index (χ0v) is 14.4. The molecule has 0 aliphatic heterocycles. The maximum Gasteiger partial charge on any atom is 0.253 e. The van der Waals surface area contributed by atoms with Gasteiger partial charge in [-0.05, 0) is 39.0 Å². The summed E-state index contributed by atoms with van der Waals surface area (Å²) in [6, 6.07) is 3.84. The molecule has 0 aromatic heterocycles. The van der Waals surface area contributed by atoms with Crippen molar-refractivity contribution >= 4 is 33.3 Å². The van der Waals surface area contributed by atoms with Crippen molar-refractivity contribution in [2.75, 3.05) is 12.8 Å². The molecule has 22 heavy (non-hydrogen) atoms. The van der Waals surface area contributed by atoms with E-state index in [1.165, 1.54) is 18.2 Å². The molecule has 1 aromatic rings. The minimum absolute atomic E-state index is 0.00755. The summed E-state index contributed by atoms with van der Waals surface area (Å²) >= 11 is 5.91. The lowest BCUT2D eigenvalue weighted by Crippen LogP contribution is -2.45.